The fraction of sp³-hybridized carbons (Fsp3) is 0.395. The second-order valence-corrected chi connectivity index (χ2v) is 14.0. The van der Waals surface area contributed by atoms with Crippen LogP contribution in [0.25, 0.3) is 16.6 Å². The number of alkyl halides is 3. The van der Waals surface area contributed by atoms with Crippen LogP contribution in [0.2, 0.25) is 0 Å². The lowest BCUT2D eigenvalue weighted by molar-refractivity contribution is -0.138. The quantitative estimate of drug-likeness (QED) is 0.296. The number of halogens is 3. The third-order valence-corrected chi connectivity index (χ3v) is 10.9. The Hall–Kier alpha value is -5.24. The number of hydrogen-bond acceptors (Lipinski definition) is 8. The number of rotatable bonds is 6. The molecule has 0 spiro atoms. The molecule has 14 heteroatoms. The van der Waals surface area contributed by atoms with E-state index in [-0.39, 0.29) is 36.6 Å². The molecule has 3 amide bonds. The van der Waals surface area contributed by atoms with Crippen molar-refractivity contribution in [1.82, 2.24) is 24.7 Å². The largest absolute Gasteiger partial charge is 0.417 e. The lowest BCUT2D eigenvalue weighted by Gasteiger charge is -2.40. The lowest BCUT2D eigenvalue weighted by atomic mass is 9.94. The number of carbonyl (C=O) groups is 3. The zero-order valence-electron chi connectivity index (χ0n) is 29.4. The molecule has 3 fully saturated rings. The summed E-state index contributed by atoms with van der Waals surface area (Å²) in [6.45, 7) is 5.42. The maximum atomic E-state index is 14.3. The van der Waals surface area contributed by atoms with Gasteiger partial charge in [-0.1, -0.05) is 12.1 Å². The van der Waals surface area contributed by atoms with Crippen molar-refractivity contribution in [3.05, 3.63) is 94.0 Å². The minimum Gasteiger partial charge on any atom is -0.371 e. The van der Waals surface area contributed by atoms with Crippen LogP contribution in [0.4, 0.5) is 24.5 Å². The van der Waals surface area contributed by atoms with E-state index in [1.54, 1.807) is 18.2 Å². The van der Waals surface area contributed by atoms with E-state index in [2.05, 4.69) is 20.1 Å². The van der Waals surface area contributed by atoms with Crippen molar-refractivity contribution in [3.63, 3.8) is 0 Å². The molecule has 1 aromatic heterocycles. The van der Waals surface area contributed by atoms with E-state index in [4.69, 9.17) is 1.37 Å². The average molecular weight is 715 g/mol. The fourth-order valence-corrected chi connectivity index (χ4v) is 8.04. The first-order valence-corrected chi connectivity index (χ1v) is 17.6. The van der Waals surface area contributed by atoms with Gasteiger partial charge in [-0.05, 0) is 79.3 Å². The molecule has 5 heterocycles. The van der Waals surface area contributed by atoms with Crippen molar-refractivity contribution >= 4 is 40.0 Å². The zero-order chi connectivity index (χ0) is 37.0. The molecule has 4 aliphatic rings. The Kier molecular flexibility index (Phi) is 8.41. The van der Waals surface area contributed by atoms with Gasteiger partial charge in [0.25, 0.3) is 11.5 Å². The number of piperidine rings is 2. The molecule has 0 saturated carbocycles. The average Bonchev–Trinajstić information content (AvgIpc) is 3.47. The summed E-state index contributed by atoms with van der Waals surface area (Å²) >= 11 is 0. The second-order valence-electron chi connectivity index (χ2n) is 14.0. The van der Waals surface area contributed by atoms with Crippen molar-refractivity contribution in [3.8, 4) is 5.69 Å². The van der Waals surface area contributed by atoms with E-state index in [1.807, 2.05) is 29.2 Å². The van der Waals surface area contributed by atoms with Crippen LogP contribution >= 0.6 is 0 Å². The number of piperazine rings is 1. The third kappa shape index (κ3) is 6.40. The molecular weight excluding hydrogens is 675 g/mol. The van der Waals surface area contributed by atoms with Gasteiger partial charge in [0, 0.05) is 70.2 Å². The van der Waals surface area contributed by atoms with Crippen molar-refractivity contribution in [2.24, 2.45) is 5.92 Å². The third-order valence-electron chi connectivity index (χ3n) is 10.9. The Balaban J connectivity index is 0.866. The molecule has 3 saturated heterocycles. The van der Waals surface area contributed by atoms with E-state index >= 15 is 0 Å². The van der Waals surface area contributed by atoms with Gasteiger partial charge in [-0.15, -0.1) is 0 Å². The Labute approximate surface area is 299 Å². The molecule has 1 N–H and O–H groups in total. The van der Waals surface area contributed by atoms with Crippen LogP contribution in [0.5, 0.6) is 0 Å². The maximum Gasteiger partial charge on any atom is 0.417 e. The van der Waals surface area contributed by atoms with Crippen LogP contribution in [0.3, 0.4) is 0 Å². The highest BCUT2D eigenvalue weighted by Gasteiger charge is 2.45. The van der Waals surface area contributed by atoms with Crippen LogP contribution in [0.1, 0.15) is 48.5 Å². The number of fused-ring (bicyclic) bond motifs is 2. The van der Waals surface area contributed by atoms with Gasteiger partial charge in [-0.25, -0.2) is 4.98 Å². The van der Waals surface area contributed by atoms with Gasteiger partial charge in [0.1, 0.15) is 12.4 Å². The topological polar surface area (TPSA) is 111 Å². The Bertz CT molecular complexity index is 2160. The zero-order valence-corrected chi connectivity index (χ0v) is 28.4. The van der Waals surface area contributed by atoms with E-state index in [9.17, 15) is 32.3 Å². The van der Waals surface area contributed by atoms with Gasteiger partial charge >= 0.3 is 6.18 Å². The van der Waals surface area contributed by atoms with Gasteiger partial charge in [0.15, 0.2) is 0 Å². The number of nitrogens with zero attached hydrogens (tertiary/aromatic N) is 6. The van der Waals surface area contributed by atoms with Gasteiger partial charge in [-0.2, -0.15) is 13.2 Å². The molecule has 11 nitrogen and oxygen atoms in total. The molecule has 4 aromatic rings. The summed E-state index contributed by atoms with van der Waals surface area (Å²) in [5, 5.41) is 2.60. The first-order chi connectivity index (χ1) is 25.4. The monoisotopic (exact) mass is 714 g/mol. The lowest BCUT2D eigenvalue weighted by Crippen LogP contribution is -2.52. The smallest absolute Gasteiger partial charge is 0.371 e. The first kappa shape index (κ1) is 32.7. The number of imide groups is 1. The van der Waals surface area contributed by atoms with Crippen LogP contribution < -0.4 is 20.7 Å². The predicted molar refractivity (Wildman–Crippen MR) is 188 cm³/mol. The van der Waals surface area contributed by atoms with E-state index in [0.29, 0.717) is 41.3 Å². The molecule has 270 valence electrons. The predicted octanol–water partition coefficient (Wildman–Crippen LogP) is 4.20. The number of nitrogens with one attached hydrogen (secondary N) is 1. The minimum absolute atomic E-state index is 0.0257. The summed E-state index contributed by atoms with van der Waals surface area (Å²) in [4.78, 5) is 62.7. The summed E-state index contributed by atoms with van der Waals surface area (Å²) < 4.78 is 52.4. The number of benzene rings is 3. The molecule has 4 aliphatic heterocycles. The number of hydrogen-bond donors (Lipinski definition) is 1. The Morgan fingerprint density at radius 2 is 1.56 bits per heavy atom. The van der Waals surface area contributed by atoms with Crippen molar-refractivity contribution in [1.29, 1.82) is 0 Å². The summed E-state index contributed by atoms with van der Waals surface area (Å²) in [7, 11) is 0. The molecule has 0 aliphatic carbocycles. The SMILES string of the molecule is [2H]c1ccc2ncn(-c3ccc(N4CCN(CC5CCN(c6cc7c(c(C(F)(F)F)c6)C(=O)N(C6CCC(=O)NC6=O)C7)CC5)CC4)cc3)c(=O)c2c1. The molecule has 1 atom stereocenters. The number of para-hydroxylation sites is 1. The Morgan fingerprint density at radius 3 is 2.27 bits per heavy atom. The number of amides is 3. The summed E-state index contributed by atoms with van der Waals surface area (Å²) in [5.74, 6) is -1.54. The van der Waals surface area contributed by atoms with Crippen LogP contribution in [-0.2, 0) is 22.3 Å². The highest BCUT2D eigenvalue weighted by Crippen LogP contribution is 2.41. The van der Waals surface area contributed by atoms with Gasteiger partial charge < -0.3 is 14.7 Å². The highest BCUT2D eigenvalue weighted by atomic mass is 19.4. The molecule has 3 aromatic carbocycles. The number of anilines is 2. The van der Waals surface area contributed by atoms with Gasteiger partial charge in [0.2, 0.25) is 11.8 Å². The van der Waals surface area contributed by atoms with Crippen LogP contribution in [0.15, 0.2) is 71.8 Å². The van der Waals surface area contributed by atoms with Crippen LogP contribution in [-0.4, -0.2) is 88.9 Å². The van der Waals surface area contributed by atoms with Crippen molar-refractivity contribution in [2.75, 3.05) is 55.6 Å². The molecule has 8 rings (SSSR count). The molecule has 0 bridgehead atoms. The molecule has 52 heavy (non-hydrogen) atoms. The molecule has 1 unspecified atom stereocenters. The number of aromatic nitrogens is 2. The molecule has 0 radical (unpaired) electrons. The Morgan fingerprint density at radius 1 is 0.846 bits per heavy atom. The summed E-state index contributed by atoms with van der Waals surface area (Å²) in [5.41, 5.74) is 1.39. The van der Waals surface area contributed by atoms with E-state index in [1.165, 1.54) is 17.0 Å². The first-order valence-electron chi connectivity index (χ1n) is 18.1. The number of carbonyl (C=O) groups excluding carboxylic acids is 3. The van der Waals surface area contributed by atoms with Gasteiger partial charge in [0.05, 0.1) is 29.1 Å². The molecular formula is C38H38F3N7O4. The van der Waals surface area contributed by atoms with E-state index in [0.717, 1.165) is 62.2 Å². The summed E-state index contributed by atoms with van der Waals surface area (Å²) in [6, 6.07) is 14.6. The fourth-order valence-electron chi connectivity index (χ4n) is 8.04. The van der Waals surface area contributed by atoms with Crippen molar-refractivity contribution in [2.45, 2.75) is 44.4 Å². The maximum absolute atomic E-state index is 14.3. The van der Waals surface area contributed by atoms with E-state index < -0.39 is 41.1 Å². The minimum atomic E-state index is -4.75. The highest BCUT2D eigenvalue weighted by molar-refractivity contribution is 6.06. The normalized spacial score (nSPS) is 20.8. The van der Waals surface area contributed by atoms with Crippen molar-refractivity contribution < 1.29 is 28.9 Å². The second kappa shape index (κ2) is 13.4. The summed E-state index contributed by atoms with van der Waals surface area (Å²) in [6.07, 6.45) is -1.48. The van der Waals surface area contributed by atoms with Gasteiger partial charge in [-0.3, -0.25) is 34.0 Å². The standard InChI is InChI=1S/C38H38F3N7O4/c39-38(40,41)30-20-28(19-25-22-47(37(52)34(25)30)32-9-10-33(49)43-35(32)50)45-13-11-24(12-14-45)21-44-15-17-46(18-16-44)26-5-7-27(8-6-26)48-23-42-31-4-2-1-3-29(31)36(48)51/h1-8,19-20,23-24,32H,9-18,21-22H2,(H,43,49,50)/i1D. The van der Waals surface area contributed by atoms with Crippen LogP contribution in [0, 0.1) is 5.92 Å².